The van der Waals surface area contributed by atoms with Gasteiger partial charge in [-0.15, -0.1) is 0 Å². The van der Waals surface area contributed by atoms with Crippen molar-refractivity contribution >= 4 is 6.09 Å². The zero-order valence-electron chi connectivity index (χ0n) is 14.7. The van der Waals surface area contributed by atoms with E-state index in [1.807, 2.05) is 7.05 Å². The molecule has 0 saturated heterocycles. The average Bonchev–Trinajstić information content (AvgIpc) is 2.54. The van der Waals surface area contributed by atoms with Gasteiger partial charge in [-0.2, -0.15) is 0 Å². The van der Waals surface area contributed by atoms with E-state index in [1.165, 1.54) is 18.2 Å². The fourth-order valence-corrected chi connectivity index (χ4v) is 2.76. The number of carbonyl (C=O) groups excluding carboxylic acids is 1. The summed E-state index contributed by atoms with van der Waals surface area (Å²) in [4.78, 5) is 11.1. The summed E-state index contributed by atoms with van der Waals surface area (Å²) in [6.07, 6.45) is 1.78. The minimum Gasteiger partial charge on any atom is -0.453 e. The first-order valence-electron chi connectivity index (χ1n) is 8.26. The predicted molar refractivity (Wildman–Crippen MR) is 92.6 cm³/mol. The molecule has 5 nitrogen and oxygen atoms in total. The van der Waals surface area contributed by atoms with Crippen LogP contribution in [0.1, 0.15) is 37.0 Å². The lowest BCUT2D eigenvalue weighted by Gasteiger charge is -2.28. The fourth-order valence-electron chi connectivity index (χ4n) is 2.76. The maximum atomic E-state index is 11.1. The molecular formula is C18H30N2O3. The van der Waals surface area contributed by atoms with Crippen molar-refractivity contribution in [1.29, 1.82) is 0 Å². The molecule has 1 aromatic rings. The molecule has 5 heteroatoms. The Morgan fingerprint density at radius 3 is 2.74 bits per heavy atom. The fraction of sp³-hybridized carbons (Fsp3) is 0.611. The van der Waals surface area contributed by atoms with Gasteiger partial charge in [0.25, 0.3) is 0 Å². The molecule has 0 heterocycles. The molecule has 0 aliphatic rings. The topological polar surface area (TPSA) is 59.6 Å². The van der Waals surface area contributed by atoms with Crippen LogP contribution in [0.3, 0.4) is 0 Å². The van der Waals surface area contributed by atoms with E-state index in [4.69, 9.17) is 4.74 Å². The van der Waals surface area contributed by atoms with Gasteiger partial charge in [0.05, 0.1) is 19.8 Å². The van der Waals surface area contributed by atoms with Crippen LogP contribution in [0.25, 0.3) is 0 Å². The smallest absolute Gasteiger partial charge is 0.406 e. The molecule has 0 fully saturated rings. The Morgan fingerprint density at radius 2 is 2.13 bits per heavy atom. The van der Waals surface area contributed by atoms with E-state index in [9.17, 15) is 4.79 Å². The third-order valence-electron chi connectivity index (χ3n) is 3.78. The maximum Gasteiger partial charge on any atom is 0.406 e. The number of nitrogens with one attached hydrogen (secondary N) is 2. The van der Waals surface area contributed by atoms with E-state index in [0.29, 0.717) is 19.1 Å². The summed E-state index contributed by atoms with van der Waals surface area (Å²) in [7, 11) is 3.32. The van der Waals surface area contributed by atoms with Crippen molar-refractivity contribution in [3.8, 4) is 0 Å². The number of aryl methyl sites for hydroxylation is 1. The molecule has 0 radical (unpaired) electrons. The molecule has 0 bridgehead atoms. The van der Waals surface area contributed by atoms with E-state index in [0.717, 1.165) is 19.4 Å². The van der Waals surface area contributed by atoms with Gasteiger partial charge >= 0.3 is 6.09 Å². The van der Waals surface area contributed by atoms with Crippen molar-refractivity contribution in [2.45, 2.75) is 32.8 Å². The number of hydrogen-bond acceptors (Lipinski definition) is 4. The molecular weight excluding hydrogens is 292 g/mol. The highest BCUT2D eigenvalue weighted by atomic mass is 16.5. The predicted octanol–water partition coefficient (Wildman–Crippen LogP) is 3.04. The second kappa shape index (κ2) is 11.0. The molecule has 0 aromatic heterocycles. The number of carbonyl (C=O) groups is 1. The molecule has 1 rings (SSSR count). The molecule has 0 unspecified atom stereocenters. The molecule has 2 N–H and O–H groups in total. The highest BCUT2D eigenvalue weighted by Crippen LogP contribution is 2.29. The van der Waals surface area contributed by atoms with Crippen LogP contribution in [0, 0.1) is 12.8 Å². The summed E-state index contributed by atoms with van der Waals surface area (Å²) in [5.74, 6) is 0.393. The summed E-state index contributed by atoms with van der Waals surface area (Å²) >= 11 is 0. The van der Waals surface area contributed by atoms with Crippen molar-refractivity contribution in [3.05, 3.63) is 35.4 Å². The number of alkyl carbamates (subject to hydrolysis) is 1. The van der Waals surface area contributed by atoms with Crippen LogP contribution in [-0.4, -0.2) is 39.9 Å². The third-order valence-corrected chi connectivity index (χ3v) is 3.78. The standard InChI is InChI=1S/C18H30N2O3/c1-5-7-16(13-19-3)17(15-9-6-8-14(2)12-15)23-11-10-20-18(21)22-4/h6,8-9,12,16-17,19H,5,7,10-11,13H2,1-4H3,(H,20,21)/t16-,17+/m1/s1. The van der Waals surface area contributed by atoms with Crippen LogP contribution in [-0.2, 0) is 9.47 Å². The Bertz CT molecular complexity index is 459. The van der Waals surface area contributed by atoms with E-state index in [1.54, 1.807) is 0 Å². The average molecular weight is 322 g/mol. The van der Waals surface area contributed by atoms with Crippen molar-refractivity contribution in [2.24, 2.45) is 5.92 Å². The Morgan fingerprint density at radius 1 is 1.35 bits per heavy atom. The van der Waals surface area contributed by atoms with E-state index in [2.05, 4.69) is 53.5 Å². The second-order valence-corrected chi connectivity index (χ2v) is 5.73. The first kappa shape index (κ1) is 19.5. The van der Waals surface area contributed by atoms with Gasteiger partial charge in [0.1, 0.15) is 0 Å². The summed E-state index contributed by atoms with van der Waals surface area (Å²) in [5.41, 5.74) is 2.42. The first-order valence-corrected chi connectivity index (χ1v) is 8.26. The maximum absolute atomic E-state index is 11.1. The van der Waals surface area contributed by atoms with Crippen molar-refractivity contribution in [2.75, 3.05) is 33.9 Å². The van der Waals surface area contributed by atoms with Gasteiger partial charge in [-0.3, -0.25) is 0 Å². The number of amides is 1. The van der Waals surface area contributed by atoms with Gasteiger partial charge in [-0.25, -0.2) is 4.79 Å². The number of hydrogen-bond donors (Lipinski definition) is 2. The van der Waals surface area contributed by atoms with Crippen molar-refractivity contribution in [1.82, 2.24) is 10.6 Å². The molecule has 0 spiro atoms. The summed E-state index contributed by atoms with van der Waals surface area (Å²) in [6.45, 7) is 6.07. The quantitative estimate of drug-likeness (QED) is 0.650. The molecule has 2 atom stereocenters. The summed E-state index contributed by atoms with van der Waals surface area (Å²) < 4.78 is 10.7. The van der Waals surface area contributed by atoms with E-state index >= 15 is 0 Å². The highest BCUT2D eigenvalue weighted by Gasteiger charge is 2.23. The largest absolute Gasteiger partial charge is 0.453 e. The van der Waals surface area contributed by atoms with Gasteiger partial charge in [-0.05, 0) is 26.0 Å². The molecule has 0 aliphatic heterocycles. The summed E-state index contributed by atoms with van der Waals surface area (Å²) in [5, 5.41) is 5.92. The molecule has 130 valence electrons. The lowest BCUT2D eigenvalue weighted by Crippen LogP contribution is -2.30. The minimum atomic E-state index is -0.430. The monoisotopic (exact) mass is 322 g/mol. The minimum absolute atomic E-state index is 0.0155. The molecule has 0 aliphatic carbocycles. The molecule has 23 heavy (non-hydrogen) atoms. The number of ether oxygens (including phenoxy) is 2. The van der Waals surface area contributed by atoms with Crippen LogP contribution in [0.4, 0.5) is 4.79 Å². The van der Waals surface area contributed by atoms with Crippen LogP contribution in [0.2, 0.25) is 0 Å². The van der Waals surface area contributed by atoms with Gasteiger partial charge in [-0.1, -0.05) is 43.2 Å². The van der Waals surface area contributed by atoms with Crippen molar-refractivity contribution in [3.63, 3.8) is 0 Å². The van der Waals surface area contributed by atoms with Crippen molar-refractivity contribution < 1.29 is 14.3 Å². The van der Waals surface area contributed by atoms with Gasteiger partial charge in [0, 0.05) is 19.0 Å². The zero-order chi connectivity index (χ0) is 17.1. The SMILES string of the molecule is CCC[C@H](CNC)[C@@H](OCCNC(=O)OC)c1cccc(C)c1. The number of methoxy groups -OCH3 is 1. The molecule has 1 amide bonds. The van der Waals surface area contributed by atoms with E-state index < -0.39 is 6.09 Å². The van der Waals surface area contributed by atoms with Crippen LogP contribution in [0.15, 0.2) is 24.3 Å². The lowest BCUT2D eigenvalue weighted by atomic mass is 9.91. The lowest BCUT2D eigenvalue weighted by molar-refractivity contribution is 0.00978. The van der Waals surface area contributed by atoms with Gasteiger partial charge in [0.15, 0.2) is 0 Å². The third kappa shape index (κ3) is 7.01. The van der Waals surface area contributed by atoms with Crippen LogP contribution >= 0.6 is 0 Å². The Labute approximate surface area is 139 Å². The molecule has 1 aromatic carbocycles. The van der Waals surface area contributed by atoms with Gasteiger partial charge < -0.3 is 20.1 Å². The second-order valence-electron chi connectivity index (χ2n) is 5.73. The Balaban J connectivity index is 2.76. The Kier molecular flexibility index (Phi) is 9.33. The van der Waals surface area contributed by atoms with E-state index in [-0.39, 0.29) is 6.10 Å². The zero-order valence-corrected chi connectivity index (χ0v) is 14.7. The highest BCUT2D eigenvalue weighted by molar-refractivity contribution is 5.66. The Hall–Kier alpha value is -1.59. The first-order chi connectivity index (χ1) is 11.1. The normalized spacial score (nSPS) is 13.4. The summed E-state index contributed by atoms with van der Waals surface area (Å²) in [6, 6.07) is 8.45. The van der Waals surface area contributed by atoms with Crippen LogP contribution < -0.4 is 10.6 Å². The number of rotatable bonds is 10. The van der Waals surface area contributed by atoms with Crippen LogP contribution in [0.5, 0.6) is 0 Å². The number of benzene rings is 1. The van der Waals surface area contributed by atoms with Gasteiger partial charge in [0.2, 0.25) is 0 Å². The molecule has 0 saturated carbocycles.